The summed E-state index contributed by atoms with van der Waals surface area (Å²) in [7, 11) is 0. The van der Waals surface area contributed by atoms with Crippen LogP contribution in [0.3, 0.4) is 0 Å². The van der Waals surface area contributed by atoms with E-state index in [1.54, 1.807) is 17.4 Å². The van der Waals surface area contributed by atoms with Gasteiger partial charge in [-0.05, 0) is 38.5 Å². The molecule has 0 aliphatic carbocycles. The molecule has 0 aromatic carbocycles. The van der Waals surface area contributed by atoms with Crippen LogP contribution >= 0.6 is 46.1 Å². The van der Waals surface area contributed by atoms with Gasteiger partial charge in [-0.2, -0.15) is 0 Å². The van der Waals surface area contributed by atoms with Gasteiger partial charge in [0.15, 0.2) is 0 Å². The summed E-state index contributed by atoms with van der Waals surface area (Å²) in [5.41, 5.74) is 1.24. The van der Waals surface area contributed by atoms with Crippen molar-refractivity contribution < 1.29 is 0 Å². The van der Waals surface area contributed by atoms with Crippen LogP contribution in [0.1, 0.15) is 28.3 Å². The molecule has 1 N–H and O–H groups in total. The van der Waals surface area contributed by atoms with E-state index in [0.717, 1.165) is 0 Å². The molecular formula is C13H13Cl3N2S. The molecule has 0 aliphatic heterocycles. The number of nitrogens with zero attached hydrogens (tertiary/aromatic N) is 1. The van der Waals surface area contributed by atoms with Gasteiger partial charge in [-0.15, -0.1) is 11.3 Å². The molecule has 0 fully saturated rings. The molecule has 1 atom stereocenters. The molecule has 0 spiro atoms. The molecule has 1 unspecified atom stereocenters. The third-order valence-corrected chi connectivity index (χ3v) is 4.73. The summed E-state index contributed by atoms with van der Waals surface area (Å²) in [6, 6.07) is 3.87. The van der Waals surface area contributed by atoms with Gasteiger partial charge in [0.2, 0.25) is 0 Å². The highest BCUT2D eigenvalue weighted by molar-refractivity contribution is 7.12. The lowest BCUT2D eigenvalue weighted by molar-refractivity contribution is 0.872. The number of nitrogens with one attached hydrogen (secondary N) is 1. The first-order valence-corrected chi connectivity index (χ1v) is 7.68. The highest BCUT2D eigenvalue weighted by atomic mass is 35.5. The second-order valence-corrected chi connectivity index (χ2v) is 6.96. The molecule has 0 amide bonds. The summed E-state index contributed by atoms with van der Waals surface area (Å²) < 4.78 is 0. The third-order valence-electron chi connectivity index (χ3n) is 2.79. The maximum Gasteiger partial charge on any atom is 0.150 e. The van der Waals surface area contributed by atoms with E-state index in [4.69, 9.17) is 34.8 Å². The average molecular weight is 336 g/mol. The van der Waals surface area contributed by atoms with Crippen molar-refractivity contribution in [3.8, 4) is 0 Å². The Bertz CT molecular complexity index is 610. The van der Waals surface area contributed by atoms with Crippen LogP contribution in [-0.2, 0) is 0 Å². The molecule has 0 saturated carbocycles. The number of hydrogen-bond donors (Lipinski definition) is 1. The van der Waals surface area contributed by atoms with Gasteiger partial charge in [0.25, 0.3) is 0 Å². The topological polar surface area (TPSA) is 24.9 Å². The lowest BCUT2D eigenvalue weighted by atomic mass is 10.1. The maximum atomic E-state index is 6.11. The average Bonchev–Trinajstić information content (AvgIpc) is 2.65. The van der Waals surface area contributed by atoms with Crippen molar-refractivity contribution in [1.29, 1.82) is 0 Å². The van der Waals surface area contributed by atoms with Crippen molar-refractivity contribution in [2.45, 2.75) is 26.8 Å². The molecule has 0 bridgehead atoms. The van der Waals surface area contributed by atoms with E-state index in [2.05, 4.69) is 37.1 Å². The summed E-state index contributed by atoms with van der Waals surface area (Å²) in [5, 5.41) is 4.34. The van der Waals surface area contributed by atoms with Crippen molar-refractivity contribution in [2.24, 2.45) is 0 Å². The number of thiophene rings is 1. The fraction of sp³-hybridized carbons (Fsp3) is 0.308. The number of halogens is 3. The quantitative estimate of drug-likeness (QED) is 0.707. The number of aryl methyl sites for hydroxylation is 2. The van der Waals surface area contributed by atoms with Crippen LogP contribution in [0.25, 0.3) is 0 Å². The first kappa shape index (κ1) is 14.9. The van der Waals surface area contributed by atoms with Crippen molar-refractivity contribution >= 4 is 52.0 Å². The Labute approximate surface area is 131 Å². The van der Waals surface area contributed by atoms with E-state index in [1.807, 2.05) is 0 Å². The number of aromatic nitrogens is 1. The highest BCUT2D eigenvalue weighted by Crippen LogP contribution is 2.33. The van der Waals surface area contributed by atoms with E-state index < -0.39 is 0 Å². The van der Waals surface area contributed by atoms with Gasteiger partial charge in [0.05, 0.1) is 16.1 Å². The second kappa shape index (κ2) is 5.88. The Morgan fingerprint density at radius 1 is 1.16 bits per heavy atom. The first-order valence-electron chi connectivity index (χ1n) is 5.73. The molecule has 19 heavy (non-hydrogen) atoms. The molecule has 2 heterocycles. The van der Waals surface area contributed by atoms with Crippen molar-refractivity contribution in [3.63, 3.8) is 0 Å². The van der Waals surface area contributed by atoms with Crippen LogP contribution in [-0.4, -0.2) is 4.98 Å². The summed E-state index contributed by atoms with van der Waals surface area (Å²) in [4.78, 5) is 6.74. The first-order chi connectivity index (χ1) is 8.88. The number of anilines is 1. The molecule has 2 aromatic rings. The predicted molar refractivity (Wildman–Crippen MR) is 85.1 cm³/mol. The van der Waals surface area contributed by atoms with Gasteiger partial charge in [-0.1, -0.05) is 34.8 Å². The minimum Gasteiger partial charge on any atom is -0.362 e. The van der Waals surface area contributed by atoms with Crippen LogP contribution in [0.4, 0.5) is 5.82 Å². The SMILES string of the molecule is Cc1cc(C(C)Nc2nc(Cl)c(Cl)cc2Cl)c(C)s1. The Hall–Kier alpha value is -0.480. The van der Waals surface area contributed by atoms with Crippen LogP contribution in [0, 0.1) is 13.8 Å². The Morgan fingerprint density at radius 3 is 2.42 bits per heavy atom. The molecular weight excluding hydrogens is 323 g/mol. The largest absolute Gasteiger partial charge is 0.362 e. The zero-order valence-electron chi connectivity index (χ0n) is 10.7. The Morgan fingerprint density at radius 2 is 1.84 bits per heavy atom. The molecule has 102 valence electrons. The van der Waals surface area contributed by atoms with Gasteiger partial charge in [0, 0.05) is 9.75 Å². The molecule has 6 heteroatoms. The van der Waals surface area contributed by atoms with E-state index in [1.165, 1.54) is 15.3 Å². The lowest BCUT2D eigenvalue weighted by Gasteiger charge is -2.16. The fourth-order valence-corrected chi connectivity index (χ4v) is 3.48. The molecule has 2 rings (SSSR count). The van der Waals surface area contributed by atoms with Crippen molar-refractivity contribution in [3.05, 3.63) is 42.6 Å². The van der Waals surface area contributed by atoms with Gasteiger partial charge in [0.1, 0.15) is 11.0 Å². The molecule has 2 nitrogen and oxygen atoms in total. The van der Waals surface area contributed by atoms with E-state index in [0.29, 0.717) is 15.9 Å². The standard InChI is InChI=1S/C13H13Cl3N2S/c1-6-4-9(8(3)19-6)7(2)17-13-11(15)5-10(14)12(16)18-13/h4-5,7H,1-3H3,(H,17,18). The number of pyridine rings is 1. The summed E-state index contributed by atoms with van der Waals surface area (Å²) in [6.45, 7) is 6.27. The summed E-state index contributed by atoms with van der Waals surface area (Å²) in [6.07, 6.45) is 0. The van der Waals surface area contributed by atoms with Gasteiger partial charge in [-0.3, -0.25) is 0 Å². The van der Waals surface area contributed by atoms with E-state index in [-0.39, 0.29) is 11.2 Å². The third kappa shape index (κ3) is 3.34. The van der Waals surface area contributed by atoms with Crippen LogP contribution in [0.2, 0.25) is 15.2 Å². The predicted octanol–water partition coefficient (Wildman–Crippen LogP) is 5.89. The fourth-order valence-electron chi connectivity index (χ4n) is 1.91. The number of hydrogen-bond acceptors (Lipinski definition) is 3. The van der Waals surface area contributed by atoms with Gasteiger partial charge < -0.3 is 5.32 Å². The zero-order valence-corrected chi connectivity index (χ0v) is 13.8. The van der Waals surface area contributed by atoms with E-state index in [9.17, 15) is 0 Å². The lowest BCUT2D eigenvalue weighted by Crippen LogP contribution is -2.08. The normalized spacial score (nSPS) is 12.5. The Kier molecular flexibility index (Phi) is 4.62. The van der Waals surface area contributed by atoms with Crippen molar-refractivity contribution in [1.82, 2.24) is 4.98 Å². The van der Waals surface area contributed by atoms with E-state index >= 15 is 0 Å². The number of rotatable bonds is 3. The minimum atomic E-state index is 0.104. The van der Waals surface area contributed by atoms with Crippen LogP contribution < -0.4 is 5.32 Å². The highest BCUT2D eigenvalue weighted by Gasteiger charge is 2.14. The molecule has 2 aromatic heterocycles. The van der Waals surface area contributed by atoms with Gasteiger partial charge in [-0.25, -0.2) is 4.98 Å². The summed E-state index contributed by atoms with van der Waals surface area (Å²) >= 11 is 19.7. The second-order valence-electron chi connectivity index (χ2n) is 4.33. The van der Waals surface area contributed by atoms with Crippen LogP contribution in [0.5, 0.6) is 0 Å². The smallest absolute Gasteiger partial charge is 0.150 e. The Balaban J connectivity index is 2.26. The minimum absolute atomic E-state index is 0.104. The molecule has 0 radical (unpaired) electrons. The molecule has 0 aliphatic rings. The maximum absolute atomic E-state index is 6.11. The van der Waals surface area contributed by atoms with Gasteiger partial charge >= 0.3 is 0 Å². The van der Waals surface area contributed by atoms with Crippen LogP contribution in [0.15, 0.2) is 12.1 Å². The monoisotopic (exact) mass is 334 g/mol. The van der Waals surface area contributed by atoms with Crippen molar-refractivity contribution in [2.75, 3.05) is 5.32 Å². The zero-order chi connectivity index (χ0) is 14.2. The summed E-state index contributed by atoms with van der Waals surface area (Å²) in [5.74, 6) is 0.548. The molecule has 0 saturated heterocycles.